The van der Waals surface area contributed by atoms with Crippen LogP contribution in [0.15, 0.2) is 42.5 Å². The first-order valence-corrected chi connectivity index (χ1v) is 7.97. The van der Waals surface area contributed by atoms with Gasteiger partial charge in [-0.2, -0.15) is 5.10 Å². The standard InChI is InChI=1S/C18H17ClN2O3/c1-3-24-18(22)17-14-6-4-5-7-15(14)21(20-17)11-12-8-9-13(19)10-16(12)23-2/h4-10H,3,11H2,1-2H3. The second kappa shape index (κ2) is 6.93. The Labute approximate surface area is 144 Å². The van der Waals surface area contributed by atoms with Crippen molar-refractivity contribution in [3.8, 4) is 5.75 Å². The van der Waals surface area contributed by atoms with E-state index in [0.717, 1.165) is 16.5 Å². The summed E-state index contributed by atoms with van der Waals surface area (Å²) >= 11 is 6.01. The number of methoxy groups -OCH3 is 1. The van der Waals surface area contributed by atoms with Crippen LogP contribution in [0.5, 0.6) is 5.75 Å². The van der Waals surface area contributed by atoms with Gasteiger partial charge in [0.05, 0.1) is 25.8 Å². The monoisotopic (exact) mass is 344 g/mol. The van der Waals surface area contributed by atoms with Crippen molar-refractivity contribution in [2.24, 2.45) is 0 Å². The Bertz CT molecular complexity index is 889. The SMILES string of the molecule is CCOC(=O)c1nn(Cc2ccc(Cl)cc2OC)c2ccccc12. The summed E-state index contributed by atoms with van der Waals surface area (Å²) < 4.78 is 12.3. The van der Waals surface area contributed by atoms with Crippen molar-refractivity contribution in [3.63, 3.8) is 0 Å². The number of carbonyl (C=O) groups excluding carboxylic acids is 1. The molecule has 0 aliphatic rings. The number of ether oxygens (including phenoxy) is 2. The van der Waals surface area contributed by atoms with Crippen molar-refractivity contribution in [2.75, 3.05) is 13.7 Å². The summed E-state index contributed by atoms with van der Waals surface area (Å²) in [5, 5.41) is 5.83. The third kappa shape index (κ3) is 3.08. The summed E-state index contributed by atoms with van der Waals surface area (Å²) in [5.41, 5.74) is 2.10. The summed E-state index contributed by atoms with van der Waals surface area (Å²) in [5.74, 6) is 0.260. The maximum Gasteiger partial charge on any atom is 0.359 e. The highest BCUT2D eigenvalue weighted by molar-refractivity contribution is 6.30. The maximum atomic E-state index is 12.2. The number of benzene rings is 2. The van der Waals surface area contributed by atoms with E-state index < -0.39 is 5.97 Å². The first-order valence-electron chi connectivity index (χ1n) is 7.59. The number of rotatable bonds is 5. The molecule has 0 aliphatic heterocycles. The van der Waals surface area contributed by atoms with Crippen LogP contribution in [0.3, 0.4) is 0 Å². The van der Waals surface area contributed by atoms with Gasteiger partial charge in [-0.1, -0.05) is 35.9 Å². The van der Waals surface area contributed by atoms with E-state index in [1.54, 1.807) is 30.8 Å². The minimum atomic E-state index is -0.421. The van der Waals surface area contributed by atoms with E-state index in [0.29, 0.717) is 29.6 Å². The summed E-state index contributed by atoms with van der Waals surface area (Å²) in [4.78, 5) is 12.2. The molecule has 1 aromatic heterocycles. The predicted molar refractivity (Wildman–Crippen MR) is 92.8 cm³/mol. The number of hydrogen-bond acceptors (Lipinski definition) is 4. The molecule has 0 radical (unpaired) electrons. The number of esters is 1. The van der Waals surface area contributed by atoms with Crippen LogP contribution in [0.4, 0.5) is 0 Å². The smallest absolute Gasteiger partial charge is 0.359 e. The van der Waals surface area contributed by atoms with Crippen molar-refractivity contribution in [1.82, 2.24) is 9.78 Å². The molecule has 0 saturated carbocycles. The minimum Gasteiger partial charge on any atom is -0.496 e. The summed E-state index contributed by atoms with van der Waals surface area (Å²) in [7, 11) is 1.60. The van der Waals surface area contributed by atoms with E-state index in [9.17, 15) is 4.79 Å². The van der Waals surface area contributed by atoms with Gasteiger partial charge in [0.2, 0.25) is 0 Å². The molecule has 0 saturated heterocycles. The molecule has 0 amide bonds. The predicted octanol–water partition coefficient (Wildman–Crippen LogP) is 3.92. The summed E-state index contributed by atoms with van der Waals surface area (Å²) in [6, 6.07) is 13.0. The number of aromatic nitrogens is 2. The highest BCUT2D eigenvalue weighted by atomic mass is 35.5. The zero-order chi connectivity index (χ0) is 17.1. The van der Waals surface area contributed by atoms with Crippen LogP contribution in [-0.4, -0.2) is 29.5 Å². The fourth-order valence-corrected chi connectivity index (χ4v) is 2.77. The Morgan fingerprint density at radius 1 is 1.25 bits per heavy atom. The Kier molecular flexibility index (Phi) is 4.71. The highest BCUT2D eigenvalue weighted by Crippen LogP contribution is 2.26. The molecular weight excluding hydrogens is 328 g/mol. The van der Waals surface area contributed by atoms with E-state index in [-0.39, 0.29) is 0 Å². The average Bonchev–Trinajstić information content (AvgIpc) is 2.95. The minimum absolute atomic E-state index is 0.311. The maximum absolute atomic E-state index is 12.2. The average molecular weight is 345 g/mol. The molecule has 3 aromatic rings. The van der Waals surface area contributed by atoms with Gasteiger partial charge >= 0.3 is 5.97 Å². The van der Waals surface area contributed by atoms with Crippen LogP contribution >= 0.6 is 11.6 Å². The van der Waals surface area contributed by atoms with Gasteiger partial charge < -0.3 is 9.47 Å². The molecule has 2 aromatic carbocycles. The van der Waals surface area contributed by atoms with Crippen LogP contribution in [-0.2, 0) is 11.3 Å². The molecule has 0 bridgehead atoms. The van der Waals surface area contributed by atoms with Crippen molar-refractivity contribution in [1.29, 1.82) is 0 Å². The molecule has 5 nitrogen and oxygen atoms in total. The second-order valence-electron chi connectivity index (χ2n) is 5.20. The third-order valence-corrected chi connectivity index (χ3v) is 3.93. The first-order chi connectivity index (χ1) is 11.6. The van der Waals surface area contributed by atoms with E-state index >= 15 is 0 Å². The van der Waals surface area contributed by atoms with Gasteiger partial charge in [-0.3, -0.25) is 4.68 Å². The van der Waals surface area contributed by atoms with Crippen molar-refractivity contribution in [2.45, 2.75) is 13.5 Å². The first kappa shape index (κ1) is 16.3. The molecule has 0 unspecified atom stereocenters. The molecule has 3 rings (SSSR count). The summed E-state index contributed by atoms with van der Waals surface area (Å²) in [6.07, 6.45) is 0. The van der Waals surface area contributed by atoms with E-state index in [2.05, 4.69) is 5.10 Å². The largest absolute Gasteiger partial charge is 0.496 e. The molecule has 0 atom stereocenters. The Balaban J connectivity index is 2.06. The zero-order valence-electron chi connectivity index (χ0n) is 13.5. The number of para-hydroxylation sites is 1. The van der Waals surface area contributed by atoms with Gasteiger partial charge in [0.25, 0.3) is 0 Å². The molecule has 0 aliphatic carbocycles. The lowest BCUT2D eigenvalue weighted by Crippen LogP contribution is -2.08. The van der Waals surface area contributed by atoms with Crippen molar-refractivity contribution < 1.29 is 14.3 Å². The lowest BCUT2D eigenvalue weighted by molar-refractivity contribution is 0.0520. The molecule has 0 N–H and O–H groups in total. The van der Waals surface area contributed by atoms with Gasteiger partial charge in [-0.25, -0.2) is 4.79 Å². The fourth-order valence-electron chi connectivity index (χ4n) is 2.61. The van der Waals surface area contributed by atoms with E-state index in [4.69, 9.17) is 21.1 Å². The molecule has 0 fully saturated rings. The molecule has 24 heavy (non-hydrogen) atoms. The quantitative estimate of drug-likeness (QED) is 0.658. The summed E-state index contributed by atoms with van der Waals surface area (Å²) in [6.45, 7) is 2.54. The number of halogens is 1. The van der Waals surface area contributed by atoms with Gasteiger partial charge in [-0.15, -0.1) is 0 Å². The lowest BCUT2D eigenvalue weighted by Gasteiger charge is -2.09. The van der Waals surface area contributed by atoms with E-state index in [1.807, 2.05) is 30.3 Å². The molecular formula is C18H17ClN2O3. The third-order valence-electron chi connectivity index (χ3n) is 3.70. The lowest BCUT2D eigenvalue weighted by atomic mass is 10.2. The van der Waals surface area contributed by atoms with Gasteiger partial charge in [0.15, 0.2) is 5.69 Å². The van der Waals surface area contributed by atoms with Crippen LogP contribution in [0, 0.1) is 0 Å². The van der Waals surface area contributed by atoms with Crippen LogP contribution in [0.2, 0.25) is 5.02 Å². The highest BCUT2D eigenvalue weighted by Gasteiger charge is 2.18. The molecule has 1 heterocycles. The van der Waals surface area contributed by atoms with Crippen LogP contribution in [0.1, 0.15) is 23.0 Å². The molecule has 6 heteroatoms. The van der Waals surface area contributed by atoms with Crippen molar-refractivity contribution >= 4 is 28.5 Å². The number of hydrogen-bond donors (Lipinski definition) is 0. The van der Waals surface area contributed by atoms with Crippen LogP contribution in [0.25, 0.3) is 10.9 Å². The normalized spacial score (nSPS) is 10.8. The molecule has 0 spiro atoms. The second-order valence-corrected chi connectivity index (χ2v) is 5.64. The topological polar surface area (TPSA) is 53.3 Å². The Morgan fingerprint density at radius 2 is 2.04 bits per heavy atom. The zero-order valence-corrected chi connectivity index (χ0v) is 14.2. The Hall–Kier alpha value is -2.53. The Morgan fingerprint density at radius 3 is 2.79 bits per heavy atom. The number of nitrogens with zero attached hydrogens (tertiary/aromatic N) is 2. The number of fused-ring (bicyclic) bond motifs is 1. The van der Waals surface area contributed by atoms with Gasteiger partial charge in [-0.05, 0) is 25.1 Å². The fraction of sp³-hybridized carbons (Fsp3) is 0.222. The van der Waals surface area contributed by atoms with E-state index in [1.165, 1.54) is 0 Å². The van der Waals surface area contributed by atoms with Gasteiger partial charge in [0.1, 0.15) is 5.75 Å². The number of carbonyl (C=O) groups is 1. The molecule has 124 valence electrons. The van der Waals surface area contributed by atoms with Crippen LogP contribution < -0.4 is 4.74 Å². The van der Waals surface area contributed by atoms with Gasteiger partial charge in [0, 0.05) is 16.0 Å². The van der Waals surface area contributed by atoms with Crippen molar-refractivity contribution in [3.05, 3.63) is 58.7 Å².